The average Bonchev–Trinajstić information content (AvgIpc) is 2.59. The van der Waals surface area contributed by atoms with Gasteiger partial charge < -0.3 is 9.80 Å². The molecule has 2 rings (SSSR count). The van der Waals surface area contributed by atoms with Gasteiger partial charge in [-0.3, -0.25) is 4.79 Å². The summed E-state index contributed by atoms with van der Waals surface area (Å²) in [7, 11) is 3.99. The maximum atomic E-state index is 11.6. The van der Waals surface area contributed by atoms with E-state index in [1.54, 1.807) is 18.2 Å². The molecule has 0 spiro atoms. The first-order valence-corrected chi connectivity index (χ1v) is 7.55. The SMILES string of the molecule is CC(=O)c1ccc(C#N)c(N(C)CCN(C)c2ccccc2)c1. The number of nitrogens with zero attached hydrogens (tertiary/aromatic N) is 3. The Bertz CT molecular complexity index is 719. The predicted octanol–water partition coefficient (Wildman–Crippen LogP) is 3.33. The summed E-state index contributed by atoms with van der Waals surface area (Å²) >= 11 is 0. The van der Waals surface area contributed by atoms with Crippen LogP contribution in [0.25, 0.3) is 0 Å². The molecule has 0 unspecified atom stereocenters. The van der Waals surface area contributed by atoms with Crippen molar-refractivity contribution in [2.24, 2.45) is 0 Å². The zero-order chi connectivity index (χ0) is 16.8. The molecule has 0 N–H and O–H groups in total. The summed E-state index contributed by atoms with van der Waals surface area (Å²) in [4.78, 5) is 15.7. The molecular weight excluding hydrogens is 286 g/mol. The lowest BCUT2D eigenvalue weighted by molar-refractivity contribution is 0.101. The van der Waals surface area contributed by atoms with Gasteiger partial charge in [-0.15, -0.1) is 0 Å². The van der Waals surface area contributed by atoms with E-state index < -0.39 is 0 Å². The number of rotatable bonds is 6. The molecule has 23 heavy (non-hydrogen) atoms. The number of nitriles is 1. The van der Waals surface area contributed by atoms with E-state index in [0.717, 1.165) is 24.5 Å². The Balaban J connectivity index is 2.11. The first kappa shape index (κ1) is 16.6. The summed E-state index contributed by atoms with van der Waals surface area (Å²) in [6.45, 7) is 3.10. The molecule has 0 radical (unpaired) electrons. The molecular formula is C19H21N3O. The van der Waals surface area contributed by atoms with Crippen molar-refractivity contribution < 1.29 is 4.79 Å². The minimum absolute atomic E-state index is 0.00513. The van der Waals surface area contributed by atoms with Crippen LogP contribution in [0.15, 0.2) is 48.5 Å². The van der Waals surface area contributed by atoms with Crippen LogP contribution in [0.3, 0.4) is 0 Å². The van der Waals surface area contributed by atoms with Gasteiger partial charge in [0.15, 0.2) is 5.78 Å². The van der Waals surface area contributed by atoms with Gasteiger partial charge in [0.25, 0.3) is 0 Å². The summed E-state index contributed by atoms with van der Waals surface area (Å²) in [6.07, 6.45) is 0. The Morgan fingerprint density at radius 3 is 2.30 bits per heavy atom. The van der Waals surface area contributed by atoms with Gasteiger partial charge in [0.1, 0.15) is 6.07 Å². The predicted molar refractivity (Wildman–Crippen MR) is 94.1 cm³/mol. The van der Waals surface area contributed by atoms with E-state index in [4.69, 9.17) is 0 Å². The minimum atomic E-state index is 0.00513. The fourth-order valence-electron chi connectivity index (χ4n) is 2.39. The lowest BCUT2D eigenvalue weighted by Gasteiger charge is -2.26. The first-order valence-electron chi connectivity index (χ1n) is 7.55. The molecule has 4 heteroatoms. The number of anilines is 2. The molecule has 0 aromatic heterocycles. The van der Waals surface area contributed by atoms with Gasteiger partial charge >= 0.3 is 0 Å². The summed E-state index contributed by atoms with van der Waals surface area (Å²) in [5.41, 5.74) is 3.16. The summed E-state index contributed by atoms with van der Waals surface area (Å²) in [6, 6.07) is 17.6. The molecule has 0 atom stereocenters. The van der Waals surface area contributed by atoms with Crippen LogP contribution in [-0.4, -0.2) is 33.0 Å². The van der Waals surface area contributed by atoms with Gasteiger partial charge in [-0.25, -0.2) is 0 Å². The van der Waals surface area contributed by atoms with Crippen LogP contribution in [-0.2, 0) is 0 Å². The number of para-hydroxylation sites is 1. The summed E-state index contributed by atoms with van der Waals surface area (Å²) < 4.78 is 0. The van der Waals surface area contributed by atoms with Crippen LogP contribution in [0.5, 0.6) is 0 Å². The second kappa shape index (κ2) is 7.46. The van der Waals surface area contributed by atoms with Gasteiger partial charge in [0.05, 0.1) is 11.3 Å². The van der Waals surface area contributed by atoms with Gasteiger partial charge in [-0.1, -0.05) is 18.2 Å². The van der Waals surface area contributed by atoms with Gasteiger partial charge in [-0.2, -0.15) is 5.26 Å². The van der Waals surface area contributed by atoms with E-state index in [1.807, 2.05) is 37.2 Å². The maximum Gasteiger partial charge on any atom is 0.159 e. The molecule has 0 saturated heterocycles. The third kappa shape index (κ3) is 4.10. The molecule has 0 aliphatic rings. The van der Waals surface area contributed by atoms with E-state index in [-0.39, 0.29) is 5.78 Å². The standard InChI is InChI=1S/C19H21N3O/c1-15(23)16-9-10-17(14-20)19(13-16)22(3)12-11-21(2)18-7-5-4-6-8-18/h4-10,13H,11-12H2,1-3H3. The molecule has 4 nitrogen and oxygen atoms in total. The highest BCUT2D eigenvalue weighted by Gasteiger charge is 2.11. The zero-order valence-electron chi connectivity index (χ0n) is 13.8. The largest absolute Gasteiger partial charge is 0.373 e. The molecule has 0 amide bonds. The Kier molecular flexibility index (Phi) is 5.37. The van der Waals surface area contributed by atoms with Crippen LogP contribution in [0.1, 0.15) is 22.8 Å². The lowest BCUT2D eigenvalue weighted by atomic mass is 10.1. The third-order valence-corrected chi connectivity index (χ3v) is 3.90. The molecule has 2 aromatic rings. The van der Waals surface area contributed by atoms with E-state index in [0.29, 0.717) is 11.1 Å². The Hall–Kier alpha value is -2.80. The molecule has 2 aromatic carbocycles. The van der Waals surface area contributed by atoms with Gasteiger partial charge in [-0.05, 0) is 37.3 Å². The van der Waals surface area contributed by atoms with Gasteiger partial charge in [0, 0.05) is 38.4 Å². The average molecular weight is 307 g/mol. The topological polar surface area (TPSA) is 47.3 Å². The normalized spacial score (nSPS) is 10.0. The molecule has 0 saturated carbocycles. The van der Waals surface area contributed by atoms with Crippen molar-refractivity contribution in [2.45, 2.75) is 6.92 Å². The van der Waals surface area contributed by atoms with Crippen molar-refractivity contribution in [2.75, 3.05) is 37.0 Å². The molecule has 0 heterocycles. The summed E-state index contributed by atoms with van der Waals surface area (Å²) in [5.74, 6) is 0.00513. The number of ketones is 1. The number of carbonyl (C=O) groups is 1. The first-order chi connectivity index (χ1) is 11.0. The Morgan fingerprint density at radius 2 is 1.70 bits per heavy atom. The van der Waals surface area contributed by atoms with Crippen LogP contribution < -0.4 is 9.80 Å². The van der Waals surface area contributed by atoms with Gasteiger partial charge in [0.2, 0.25) is 0 Å². The Labute approximate surface area is 137 Å². The highest BCUT2D eigenvalue weighted by molar-refractivity contribution is 5.95. The van der Waals surface area contributed by atoms with Crippen molar-refractivity contribution in [1.82, 2.24) is 0 Å². The second-order valence-electron chi connectivity index (χ2n) is 5.58. The van der Waals surface area contributed by atoms with Crippen LogP contribution in [0.2, 0.25) is 0 Å². The monoisotopic (exact) mass is 307 g/mol. The highest BCUT2D eigenvalue weighted by atomic mass is 16.1. The van der Waals surface area contributed by atoms with Crippen molar-refractivity contribution in [3.05, 3.63) is 59.7 Å². The van der Waals surface area contributed by atoms with Crippen LogP contribution in [0.4, 0.5) is 11.4 Å². The second-order valence-corrected chi connectivity index (χ2v) is 5.58. The van der Waals surface area contributed by atoms with E-state index in [2.05, 4.69) is 23.1 Å². The van der Waals surface area contributed by atoms with Crippen molar-refractivity contribution in [3.8, 4) is 6.07 Å². The lowest BCUT2D eigenvalue weighted by Crippen LogP contribution is -2.31. The number of benzene rings is 2. The third-order valence-electron chi connectivity index (χ3n) is 3.90. The minimum Gasteiger partial charge on any atom is -0.373 e. The van der Waals surface area contributed by atoms with Crippen LogP contribution >= 0.6 is 0 Å². The molecule has 0 aliphatic heterocycles. The fourth-order valence-corrected chi connectivity index (χ4v) is 2.39. The molecule has 0 bridgehead atoms. The number of hydrogen-bond donors (Lipinski definition) is 0. The molecule has 118 valence electrons. The van der Waals surface area contributed by atoms with E-state index in [1.165, 1.54) is 6.92 Å². The number of hydrogen-bond acceptors (Lipinski definition) is 4. The Morgan fingerprint density at radius 1 is 1.04 bits per heavy atom. The zero-order valence-corrected chi connectivity index (χ0v) is 13.8. The van der Waals surface area contributed by atoms with Crippen molar-refractivity contribution >= 4 is 17.2 Å². The van der Waals surface area contributed by atoms with Crippen LogP contribution in [0, 0.1) is 11.3 Å². The number of carbonyl (C=O) groups excluding carboxylic acids is 1. The smallest absolute Gasteiger partial charge is 0.159 e. The number of Topliss-reactive ketones (excluding diaryl/α,β-unsaturated/α-hetero) is 1. The van der Waals surface area contributed by atoms with E-state index in [9.17, 15) is 10.1 Å². The van der Waals surface area contributed by atoms with Crippen molar-refractivity contribution in [1.29, 1.82) is 5.26 Å². The summed E-state index contributed by atoms with van der Waals surface area (Å²) in [5, 5.41) is 9.28. The fraction of sp³-hybridized carbons (Fsp3) is 0.263. The highest BCUT2D eigenvalue weighted by Crippen LogP contribution is 2.21. The molecule has 0 fully saturated rings. The maximum absolute atomic E-state index is 11.6. The van der Waals surface area contributed by atoms with Crippen molar-refractivity contribution in [3.63, 3.8) is 0 Å². The molecule has 0 aliphatic carbocycles. The van der Waals surface area contributed by atoms with E-state index >= 15 is 0 Å². The number of likely N-dealkylation sites (N-methyl/N-ethyl adjacent to an activating group) is 2. The quantitative estimate of drug-likeness (QED) is 0.768.